The molecule has 2 saturated carbocycles. The summed E-state index contributed by atoms with van der Waals surface area (Å²) in [6.07, 6.45) is 3.50. The first kappa shape index (κ1) is 23.9. The van der Waals surface area contributed by atoms with Crippen LogP contribution < -0.4 is 11.1 Å². The smallest absolute Gasteiger partial charge is 0.234 e. The van der Waals surface area contributed by atoms with E-state index in [-0.39, 0.29) is 48.6 Å². The molecule has 4 atom stereocenters. The molecule has 29 heavy (non-hydrogen) atoms. The first-order chi connectivity index (χ1) is 13.1. The van der Waals surface area contributed by atoms with Crippen molar-refractivity contribution in [2.75, 3.05) is 32.7 Å². The summed E-state index contributed by atoms with van der Waals surface area (Å²) in [7, 11) is 0. The Balaban J connectivity index is 0.00000150. The predicted octanol–water partition coefficient (Wildman–Crippen LogP) is 1.66. The second kappa shape index (κ2) is 10.6. The topological polar surface area (TPSA) is 78.7 Å². The van der Waals surface area contributed by atoms with Crippen LogP contribution in [0.2, 0.25) is 0 Å². The van der Waals surface area contributed by atoms with Gasteiger partial charge in [-0.25, -0.2) is 0 Å². The number of rotatable bonds is 5. The van der Waals surface area contributed by atoms with E-state index in [4.69, 9.17) is 5.73 Å². The molecule has 2 aliphatic carbocycles. The molecule has 0 radical (unpaired) electrons. The summed E-state index contributed by atoms with van der Waals surface area (Å²) in [6.45, 7) is 3.85. The fourth-order valence-electron chi connectivity index (χ4n) is 5.09. The second-order valence-electron chi connectivity index (χ2n) is 8.30. The molecule has 4 rings (SSSR count). The number of carbonyl (C=O) groups excluding carboxylic acids is 2. The Bertz CT molecular complexity index is 681. The molecular weight excluding hydrogens is 411 g/mol. The molecular formula is C21H32Cl2N4O2. The fourth-order valence-corrected chi connectivity index (χ4v) is 5.09. The Morgan fingerprint density at radius 1 is 1.00 bits per heavy atom. The summed E-state index contributed by atoms with van der Waals surface area (Å²) in [5, 5.41) is 2.97. The molecule has 2 amide bonds. The van der Waals surface area contributed by atoms with Crippen molar-refractivity contribution in [3.05, 3.63) is 35.9 Å². The summed E-state index contributed by atoms with van der Waals surface area (Å²) >= 11 is 0. The second-order valence-corrected chi connectivity index (χ2v) is 8.30. The maximum absolute atomic E-state index is 12.9. The summed E-state index contributed by atoms with van der Waals surface area (Å²) in [5.41, 5.74) is 7.44. The zero-order valence-electron chi connectivity index (χ0n) is 16.7. The van der Waals surface area contributed by atoms with Crippen LogP contribution in [-0.4, -0.2) is 60.4 Å². The number of amides is 2. The van der Waals surface area contributed by atoms with E-state index in [0.29, 0.717) is 38.0 Å². The van der Waals surface area contributed by atoms with Crippen molar-refractivity contribution in [2.45, 2.75) is 31.8 Å². The van der Waals surface area contributed by atoms with Crippen LogP contribution in [-0.2, 0) is 16.1 Å². The van der Waals surface area contributed by atoms with Gasteiger partial charge in [0.05, 0.1) is 12.5 Å². The number of piperazine rings is 1. The van der Waals surface area contributed by atoms with Crippen LogP contribution in [0.15, 0.2) is 30.3 Å². The van der Waals surface area contributed by atoms with Crippen LogP contribution in [0.4, 0.5) is 0 Å². The molecule has 162 valence electrons. The molecule has 6 nitrogen and oxygen atoms in total. The third-order valence-electron chi connectivity index (χ3n) is 6.65. The van der Waals surface area contributed by atoms with Gasteiger partial charge in [-0.1, -0.05) is 30.3 Å². The molecule has 1 heterocycles. The van der Waals surface area contributed by atoms with Gasteiger partial charge >= 0.3 is 0 Å². The maximum atomic E-state index is 12.9. The zero-order chi connectivity index (χ0) is 18.8. The van der Waals surface area contributed by atoms with Crippen LogP contribution >= 0.6 is 24.8 Å². The average Bonchev–Trinajstić information content (AvgIpc) is 3.29. The minimum atomic E-state index is 0. The van der Waals surface area contributed by atoms with Gasteiger partial charge < -0.3 is 16.0 Å². The monoisotopic (exact) mass is 442 g/mol. The first-order valence-electron chi connectivity index (χ1n) is 10.2. The molecule has 1 saturated heterocycles. The summed E-state index contributed by atoms with van der Waals surface area (Å²) in [6, 6.07) is 9.98. The Hall–Kier alpha value is -1.34. The van der Waals surface area contributed by atoms with Gasteiger partial charge in [-0.05, 0) is 36.7 Å². The van der Waals surface area contributed by atoms with Crippen LogP contribution in [0.25, 0.3) is 0 Å². The van der Waals surface area contributed by atoms with Crippen LogP contribution in [0.1, 0.15) is 24.8 Å². The minimum absolute atomic E-state index is 0. The van der Waals surface area contributed by atoms with Crippen LogP contribution in [0.5, 0.6) is 0 Å². The van der Waals surface area contributed by atoms with Crippen molar-refractivity contribution in [1.82, 2.24) is 15.1 Å². The molecule has 0 aromatic heterocycles. The van der Waals surface area contributed by atoms with Crippen molar-refractivity contribution in [1.29, 1.82) is 0 Å². The highest BCUT2D eigenvalue weighted by Crippen LogP contribution is 2.48. The van der Waals surface area contributed by atoms with Crippen molar-refractivity contribution in [2.24, 2.45) is 23.5 Å². The number of hydrogen-bond acceptors (Lipinski definition) is 4. The number of nitrogens with one attached hydrogen (secondary N) is 1. The van der Waals surface area contributed by atoms with Crippen LogP contribution in [0, 0.1) is 17.8 Å². The van der Waals surface area contributed by atoms with E-state index in [0.717, 1.165) is 31.5 Å². The molecule has 1 aromatic rings. The van der Waals surface area contributed by atoms with Crippen molar-refractivity contribution in [3.63, 3.8) is 0 Å². The minimum Gasteiger partial charge on any atom is -0.351 e. The highest BCUT2D eigenvalue weighted by atomic mass is 35.5. The van der Waals surface area contributed by atoms with E-state index in [1.165, 1.54) is 6.42 Å². The van der Waals surface area contributed by atoms with Gasteiger partial charge in [0.2, 0.25) is 11.8 Å². The number of benzene rings is 1. The molecule has 3 N–H and O–H groups in total. The molecule has 3 fully saturated rings. The first-order valence-corrected chi connectivity index (χ1v) is 10.2. The van der Waals surface area contributed by atoms with Crippen molar-refractivity contribution in [3.8, 4) is 0 Å². The largest absolute Gasteiger partial charge is 0.351 e. The number of carbonyl (C=O) groups is 2. The van der Waals surface area contributed by atoms with E-state index < -0.39 is 0 Å². The average molecular weight is 443 g/mol. The zero-order valence-corrected chi connectivity index (χ0v) is 18.3. The number of nitrogens with zero attached hydrogens (tertiary/aromatic N) is 2. The quantitative estimate of drug-likeness (QED) is 0.726. The molecule has 0 spiro atoms. The normalized spacial score (nSPS) is 28.4. The Morgan fingerprint density at radius 3 is 2.28 bits per heavy atom. The molecule has 3 aliphatic rings. The third kappa shape index (κ3) is 5.43. The Labute approximate surface area is 185 Å². The van der Waals surface area contributed by atoms with E-state index in [9.17, 15) is 9.59 Å². The van der Waals surface area contributed by atoms with Gasteiger partial charge in [-0.2, -0.15) is 0 Å². The Morgan fingerprint density at radius 2 is 1.66 bits per heavy atom. The highest BCUT2D eigenvalue weighted by Gasteiger charge is 2.50. The lowest BCUT2D eigenvalue weighted by Crippen LogP contribution is -2.55. The standard InChI is InChI=1S/C21H30N4O2.2ClH/c22-20-17-7-6-16(12-17)19(20)21(27)25-10-8-24(9-11-25)14-18(26)23-13-15-4-2-1-3-5-15;;/h1-5,16-17,19-20H,6-14,22H2,(H,23,26);2*1H. The van der Waals surface area contributed by atoms with E-state index in [2.05, 4.69) is 10.2 Å². The van der Waals surface area contributed by atoms with Gasteiger partial charge in [0.25, 0.3) is 0 Å². The van der Waals surface area contributed by atoms with E-state index in [1.807, 2.05) is 35.2 Å². The number of nitrogens with two attached hydrogens (primary N) is 1. The molecule has 1 aliphatic heterocycles. The fraction of sp³-hybridized carbons (Fsp3) is 0.619. The molecule has 4 unspecified atom stereocenters. The number of fused-ring (bicyclic) bond motifs is 2. The summed E-state index contributed by atoms with van der Waals surface area (Å²) < 4.78 is 0. The highest BCUT2D eigenvalue weighted by molar-refractivity contribution is 5.85. The maximum Gasteiger partial charge on any atom is 0.234 e. The molecule has 8 heteroatoms. The lowest BCUT2D eigenvalue weighted by Gasteiger charge is -2.38. The summed E-state index contributed by atoms with van der Waals surface area (Å²) in [5.74, 6) is 1.37. The molecule has 2 bridgehead atoms. The van der Waals surface area contributed by atoms with E-state index >= 15 is 0 Å². The Kier molecular flexibility index (Phi) is 8.76. The lowest BCUT2D eigenvalue weighted by molar-refractivity contribution is -0.139. The molecule has 1 aromatic carbocycles. The number of hydrogen-bond donors (Lipinski definition) is 2. The van der Waals surface area contributed by atoms with Gasteiger partial charge in [0, 0.05) is 38.8 Å². The third-order valence-corrected chi connectivity index (χ3v) is 6.65. The van der Waals surface area contributed by atoms with Gasteiger partial charge in [0.1, 0.15) is 0 Å². The van der Waals surface area contributed by atoms with Crippen LogP contribution in [0.3, 0.4) is 0 Å². The lowest BCUT2D eigenvalue weighted by atomic mass is 9.84. The predicted molar refractivity (Wildman–Crippen MR) is 118 cm³/mol. The van der Waals surface area contributed by atoms with Gasteiger partial charge in [-0.15, -0.1) is 24.8 Å². The van der Waals surface area contributed by atoms with Gasteiger partial charge in [-0.3, -0.25) is 14.5 Å². The van der Waals surface area contributed by atoms with E-state index in [1.54, 1.807) is 0 Å². The van der Waals surface area contributed by atoms with Crippen molar-refractivity contribution >= 4 is 36.6 Å². The van der Waals surface area contributed by atoms with Crippen molar-refractivity contribution < 1.29 is 9.59 Å². The number of halogens is 2. The van der Waals surface area contributed by atoms with Gasteiger partial charge in [0.15, 0.2) is 0 Å². The summed E-state index contributed by atoms with van der Waals surface area (Å²) in [4.78, 5) is 29.2. The SMILES string of the molecule is Cl.Cl.NC1C2CCC(C2)C1C(=O)N1CCN(CC(=O)NCc2ccccc2)CC1.